The lowest BCUT2D eigenvalue weighted by molar-refractivity contribution is 0.0963. The van der Waals surface area contributed by atoms with Crippen LogP contribution in [0.15, 0.2) is 22.7 Å². The monoisotopic (exact) mass is 331 g/mol. The van der Waals surface area contributed by atoms with Gasteiger partial charge in [-0.3, -0.25) is 4.90 Å². The van der Waals surface area contributed by atoms with Crippen molar-refractivity contribution >= 4 is 27.7 Å². The first kappa shape index (κ1) is 15.8. The van der Waals surface area contributed by atoms with Crippen molar-refractivity contribution in [2.24, 2.45) is 0 Å². The number of methoxy groups -OCH3 is 1. The second-order valence-corrected chi connectivity index (χ2v) is 4.53. The number of aliphatic hydroxyl groups is 1. The summed E-state index contributed by atoms with van der Waals surface area (Å²) in [6.07, 6.45) is -0.944. The molecule has 1 aliphatic heterocycles. The molecule has 1 saturated heterocycles. The third-order valence-electron chi connectivity index (χ3n) is 2.51. The van der Waals surface area contributed by atoms with E-state index < -0.39 is 12.2 Å². The Morgan fingerprint density at radius 2 is 2.21 bits per heavy atom. The number of aliphatic hydroxyl groups excluding tert-OH is 1. The van der Waals surface area contributed by atoms with E-state index in [1.54, 1.807) is 12.1 Å². The van der Waals surface area contributed by atoms with Crippen LogP contribution < -0.4 is 9.64 Å². The molecule has 1 aliphatic rings. The van der Waals surface area contributed by atoms with Gasteiger partial charge in [0, 0.05) is 4.47 Å². The third-order valence-corrected chi connectivity index (χ3v) is 3.00. The van der Waals surface area contributed by atoms with Gasteiger partial charge in [0.1, 0.15) is 11.9 Å². The number of carbonyl (C=O) groups is 1. The van der Waals surface area contributed by atoms with Crippen molar-refractivity contribution in [3.8, 4) is 5.75 Å². The molecule has 6 heteroatoms. The predicted octanol–water partition coefficient (Wildman–Crippen LogP) is 2.80. The first-order chi connectivity index (χ1) is 9.15. The standard InChI is InChI=1S/C11H12BrNO4.C2H6/c1-16-10-4-7(12)2-3-9(10)13-5-8(6-14)17-11(13)15;1-2/h2-4,8,14H,5-6H2,1H3;1-2H3/t8-;/m1./s1. The second-order valence-electron chi connectivity index (χ2n) is 3.62. The van der Waals surface area contributed by atoms with Gasteiger partial charge in [-0.15, -0.1) is 0 Å². The van der Waals surface area contributed by atoms with Gasteiger partial charge in [-0.25, -0.2) is 4.79 Å². The van der Waals surface area contributed by atoms with Crippen LogP contribution in [-0.4, -0.2) is 37.6 Å². The summed E-state index contributed by atoms with van der Waals surface area (Å²) in [6.45, 7) is 4.15. The van der Waals surface area contributed by atoms with Crippen LogP contribution in [0.4, 0.5) is 10.5 Å². The number of nitrogens with zero attached hydrogens (tertiary/aromatic N) is 1. The maximum atomic E-state index is 11.6. The zero-order valence-electron chi connectivity index (χ0n) is 11.2. The summed E-state index contributed by atoms with van der Waals surface area (Å²) in [5.41, 5.74) is 0.636. The van der Waals surface area contributed by atoms with E-state index in [0.717, 1.165) is 4.47 Å². The van der Waals surface area contributed by atoms with Crippen LogP contribution in [0.25, 0.3) is 0 Å². The maximum absolute atomic E-state index is 11.6. The number of amides is 1. The van der Waals surface area contributed by atoms with Crippen molar-refractivity contribution in [1.29, 1.82) is 0 Å². The lowest BCUT2D eigenvalue weighted by Crippen LogP contribution is -2.25. The van der Waals surface area contributed by atoms with Crippen molar-refractivity contribution in [3.63, 3.8) is 0 Å². The van der Waals surface area contributed by atoms with Crippen LogP contribution in [-0.2, 0) is 4.74 Å². The molecule has 2 rings (SSSR count). The minimum Gasteiger partial charge on any atom is -0.495 e. The van der Waals surface area contributed by atoms with E-state index in [-0.39, 0.29) is 6.61 Å². The van der Waals surface area contributed by atoms with Gasteiger partial charge in [-0.2, -0.15) is 0 Å². The number of ether oxygens (including phenoxy) is 2. The van der Waals surface area contributed by atoms with E-state index in [2.05, 4.69) is 15.9 Å². The van der Waals surface area contributed by atoms with Gasteiger partial charge < -0.3 is 14.6 Å². The summed E-state index contributed by atoms with van der Waals surface area (Å²) in [4.78, 5) is 13.1. The van der Waals surface area contributed by atoms with Crippen LogP contribution in [0.3, 0.4) is 0 Å². The Bertz CT molecular complexity index is 439. The Kier molecular flexibility index (Phi) is 6.11. The third kappa shape index (κ3) is 3.61. The van der Waals surface area contributed by atoms with Crippen LogP contribution in [0.2, 0.25) is 0 Å². The molecule has 106 valence electrons. The topological polar surface area (TPSA) is 59.0 Å². The highest BCUT2D eigenvalue weighted by molar-refractivity contribution is 9.10. The number of anilines is 1. The fourth-order valence-electron chi connectivity index (χ4n) is 1.69. The van der Waals surface area contributed by atoms with Crippen LogP contribution >= 0.6 is 15.9 Å². The summed E-state index contributed by atoms with van der Waals surface area (Å²) in [6, 6.07) is 5.36. The molecule has 0 saturated carbocycles. The normalized spacial score (nSPS) is 17.6. The van der Waals surface area contributed by atoms with E-state index in [1.807, 2.05) is 19.9 Å². The van der Waals surface area contributed by atoms with Gasteiger partial charge >= 0.3 is 6.09 Å². The molecule has 0 unspecified atom stereocenters. The zero-order chi connectivity index (χ0) is 14.4. The number of hydrogen-bond acceptors (Lipinski definition) is 4. The Hall–Kier alpha value is -1.27. The summed E-state index contributed by atoms with van der Waals surface area (Å²) in [7, 11) is 1.54. The average molecular weight is 332 g/mol. The average Bonchev–Trinajstić information content (AvgIpc) is 2.82. The molecule has 0 bridgehead atoms. The number of carbonyl (C=O) groups excluding carboxylic acids is 1. The highest BCUT2D eigenvalue weighted by atomic mass is 79.9. The van der Waals surface area contributed by atoms with Gasteiger partial charge in [-0.05, 0) is 18.2 Å². The first-order valence-corrected chi connectivity index (χ1v) is 6.87. The van der Waals surface area contributed by atoms with E-state index in [0.29, 0.717) is 18.0 Å². The molecule has 1 atom stereocenters. The van der Waals surface area contributed by atoms with Gasteiger partial charge in [0.15, 0.2) is 0 Å². The molecule has 1 aromatic rings. The fraction of sp³-hybridized carbons (Fsp3) is 0.462. The van der Waals surface area contributed by atoms with Crippen molar-refractivity contribution in [1.82, 2.24) is 0 Å². The van der Waals surface area contributed by atoms with Crippen LogP contribution in [0, 0.1) is 0 Å². The van der Waals surface area contributed by atoms with Gasteiger partial charge in [-0.1, -0.05) is 29.8 Å². The molecule has 1 amide bonds. The molecule has 0 aliphatic carbocycles. The molecular weight excluding hydrogens is 314 g/mol. The molecule has 0 spiro atoms. The van der Waals surface area contributed by atoms with E-state index >= 15 is 0 Å². The summed E-state index contributed by atoms with van der Waals surface area (Å²) in [5.74, 6) is 0.579. The Balaban J connectivity index is 0.000000861. The number of cyclic esters (lactones) is 1. The van der Waals surface area contributed by atoms with E-state index in [9.17, 15) is 4.79 Å². The molecule has 1 heterocycles. The van der Waals surface area contributed by atoms with Crippen molar-refractivity contribution in [2.45, 2.75) is 20.0 Å². The molecule has 1 fully saturated rings. The smallest absolute Gasteiger partial charge is 0.414 e. The lowest BCUT2D eigenvalue weighted by atomic mass is 10.2. The predicted molar refractivity (Wildman–Crippen MR) is 76.7 cm³/mol. The summed E-state index contributed by atoms with van der Waals surface area (Å²) < 4.78 is 11.1. The maximum Gasteiger partial charge on any atom is 0.414 e. The largest absolute Gasteiger partial charge is 0.495 e. The number of benzene rings is 1. The van der Waals surface area contributed by atoms with Gasteiger partial charge in [0.25, 0.3) is 0 Å². The zero-order valence-corrected chi connectivity index (χ0v) is 12.8. The minimum atomic E-state index is -0.476. The quantitative estimate of drug-likeness (QED) is 0.925. The lowest BCUT2D eigenvalue weighted by Gasteiger charge is -2.16. The summed E-state index contributed by atoms with van der Waals surface area (Å²) in [5, 5.41) is 8.98. The van der Waals surface area contributed by atoms with Gasteiger partial charge in [0.05, 0.1) is 25.9 Å². The molecule has 1 aromatic carbocycles. The molecule has 0 aromatic heterocycles. The molecule has 0 radical (unpaired) electrons. The van der Waals surface area contributed by atoms with Gasteiger partial charge in [0.2, 0.25) is 0 Å². The Labute approximate surface area is 121 Å². The molecular formula is C13H18BrNO4. The minimum absolute atomic E-state index is 0.179. The van der Waals surface area contributed by atoms with E-state index in [1.165, 1.54) is 12.0 Å². The highest BCUT2D eigenvalue weighted by Crippen LogP contribution is 2.33. The number of rotatable bonds is 3. The van der Waals surface area contributed by atoms with Crippen LogP contribution in [0.5, 0.6) is 5.75 Å². The number of hydrogen-bond donors (Lipinski definition) is 1. The Morgan fingerprint density at radius 1 is 1.53 bits per heavy atom. The molecule has 5 nitrogen and oxygen atoms in total. The van der Waals surface area contributed by atoms with Crippen molar-refractivity contribution < 1.29 is 19.4 Å². The SMILES string of the molecule is CC.COc1cc(Br)ccc1N1C[C@H](CO)OC1=O. The van der Waals surface area contributed by atoms with Crippen molar-refractivity contribution in [2.75, 3.05) is 25.2 Å². The first-order valence-electron chi connectivity index (χ1n) is 6.08. The van der Waals surface area contributed by atoms with Crippen LogP contribution in [0.1, 0.15) is 13.8 Å². The van der Waals surface area contributed by atoms with Crippen molar-refractivity contribution in [3.05, 3.63) is 22.7 Å². The molecule has 19 heavy (non-hydrogen) atoms. The number of halogens is 1. The molecule has 1 N–H and O–H groups in total. The highest BCUT2D eigenvalue weighted by Gasteiger charge is 2.33. The Morgan fingerprint density at radius 3 is 2.74 bits per heavy atom. The fourth-order valence-corrected chi connectivity index (χ4v) is 2.03. The van der Waals surface area contributed by atoms with E-state index in [4.69, 9.17) is 14.6 Å². The summed E-state index contributed by atoms with van der Waals surface area (Å²) >= 11 is 3.33. The second kappa shape index (κ2) is 7.35.